The molecule has 0 bridgehead atoms. The Kier molecular flexibility index (Phi) is 2.84. The molecule has 3 heterocycles. The SMILES string of the molecule is CC1CCc2c(B3OC(C)(C)C(C)(C)O3)cnn2C1. The van der Waals surface area contributed by atoms with Gasteiger partial charge in [-0.15, -0.1) is 0 Å². The Hall–Kier alpha value is -0.805. The number of fused-ring (bicyclic) bond motifs is 1. The van der Waals surface area contributed by atoms with Gasteiger partial charge in [-0.2, -0.15) is 5.10 Å². The maximum absolute atomic E-state index is 6.13. The maximum atomic E-state index is 6.13. The predicted molar refractivity (Wildman–Crippen MR) is 75.4 cm³/mol. The van der Waals surface area contributed by atoms with Gasteiger partial charge in [-0.3, -0.25) is 4.68 Å². The molecule has 2 aliphatic heterocycles. The number of hydrogen-bond acceptors (Lipinski definition) is 3. The number of hydrogen-bond donors (Lipinski definition) is 0. The van der Waals surface area contributed by atoms with E-state index in [2.05, 4.69) is 44.4 Å². The van der Waals surface area contributed by atoms with Gasteiger partial charge in [0.2, 0.25) is 0 Å². The van der Waals surface area contributed by atoms with Gasteiger partial charge in [-0.25, -0.2) is 0 Å². The quantitative estimate of drug-likeness (QED) is 0.724. The second kappa shape index (κ2) is 4.09. The highest BCUT2D eigenvalue weighted by Gasteiger charge is 2.52. The van der Waals surface area contributed by atoms with Gasteiger partial charge in [0.15, 0.2) is 0 Å². The molecule has 0 saturated carbocycles. The van der Waals surface area contributed by atoms with Gasteiger partial charge in [0.1, 0.15) is 0 Å². The minimum absolute atomic E-state index is 0.276. The van der Waals surface area contributed by atoms with Crippen LogP contribution in [-0.2, 0) is 22.3 Å². The second-order valence-electron chi connectivity index (χ2n) is 6.96. The minimum Gasteiger partial charge on any atom is -0.399 e. The van der Waals surface area contributed by atoms with E-state index in [-0.39, 0.29) is 18.3 Å². The molecule has 0 amide bonds. The molecular formula is C14H23BN2O2. The fourth-order valence-corrected chi connectivity index (χ4v) is 2.79. The average molecular weight is 262 g/mol. The minimum atomic E-state index is -0.283. The van der Waals surface area contributed by atoms with Crippen molar-refractivity contribution in [3.63, 3.8) is 0 Å². The van der Waals surface area contributed by atoms with E-state index in [1.54, 1.807) is 0 Å². The number of rotatable bonds is 1. The Balaban J connectivity index is 1.89. The van der Waals surface area contributed by atoms with Gasteiger partial charge in [0.25, 0.3) is 0 Å². The molecule has 3 rings (SSSR count). The van der Waals surface area contributed by atoms with Gasteiger partial charge in [-0.1, -0.05) is 6.92 Å². The van der Waals surface area contributed by atoms with Crippen LogP contribution in [0.4, 0.5) is 0 Å². The van der Waals surface area contributed by atoms with E-state index in [0.717, 1.165) is 18.4 Å². The summed E-state index contributed by atoms with van der Waals surface area (Å²) in [5.74, 6) is 0.707. The van der Waals surface area contributed by atoms with E-state index in [9.17, 15) is 0 Å². The van der Waals surface area contributed by atoms with Crippen molar-refractivity contribution in [1.29, 1.82) is 0 Å². The van der Waals surface area contributed by atoms with Crippen molar-refractivity contribution in [3.05, 3.63) is 11.9 Å². The van der Waals surface area contributed by atoms with Crippen molar-refractivity contribution >= 4 is 12.6 Å². The summed E-state index contributed by atoms with van der Waals surface area (Å²) in [6, 6.07) is 0. The molecule has 1 aromatic rings. The van der Waals surface area contributed by atoms with E-state index in [0.29, 0.717) is 5.92 Å². The van der Waals surface area contributed by atoms with Crippen LogP contribution in [0.5, 0.6) is 0 Å². The molecule has 4 nitrogen and oxygen atoms in total. The first-order valence-corrected chi connectivity index (χ1v) is 7.20. The molecule has 0 aromatic carbocycles. The summed E-state index contributed by atoms with van der Waals surface area (Å²) < 4.78 is 14.4. The molecule has 19 heavy (non-hydrogen) atoms. The highest BCUT2D eigenvalue weighted by molar-refractivity contribution is 6.62. The molecule has 0 spiro atoms. The third-order valence-electron chi connectivity index (χ3n) is 4.85. The fraction of sp³-hybridized carbons (Fsp3) is 0.786. The van der Waals surface area contributed by atoms with Crippen LogP contribution in [-0.4, -0.2) is 28.1 Å². The summed E-state index contributed by atoms with van der Waals surface area (Å²) >= 11 is 0. The Bertz CT molecular complexity index is 480. The van der Waals surface area contributed by atoms with E-state index >= 15 is 0 Å². The molecular weight excluding hydrogens is 239 g/mol. The summed E-state index contributed by atoms with van der Waals surface area (Å²) in [5, 5.41) is 4.50. The van der Waals surface area contributed by atoms with Crippen molar-refractivity contribution in [2.45, 2.75) is 65.2 Å². The Morgan fingerprint density at radius 2 is 1.89 bits per heavy atom. The lowest BCUT2D eigenvalue weighted by Gasteiger charge is -2.32. The van der Waals surface area contributed by atoms with Crippen molar-refractivity contribution in [3.8, 4) is 0 Å². The van der Waals surface area contributed by atoms with Crippen LogP contribution in [0.3, 0.4) is 0 Å². The highest BCUT2D eigenvalue weighted by atomic mass is 16.7. The van der Waals surface area contributed by atoms with Crippen molar-refractivity contribution in [2.24, 2.45) is 5.92 Å². The van der Waals surface area contributed by atoms with Crippen LogP contribution in [0.15, 0.2) is 6.20 Å². The van der Waals surface area contributed by atoms with Gasteiger partial charge in [0, 0.05) is 23.9 Å². The van der Waals surface area contributed by atoms with Gasteiger partial charge in [0.05, 0.1) is 11.2 Å². The number of aromatic nitrogens is 2. The van der Waals surface area contributed by atoms with Crippen molar-refractivity contribution < 1.29 is 9.31 Å². The van der Waals surface area contributed by atoms with Gasteiger partial charge in [-0.05, 0) is 46.5 Å². The van der Waals surface area contributed by atoms with E-state index in [1.807, 2.05) is 6.20 Å². The lowest BCUT2D eigenvalue weighted by atomic mass is 9.77. The molecule has 0 N–H and O–H groups in total. The highest BCUT2D eigenvalue weighted by Crippen LogP contribution is 2.37. The third kappa shape index (κ3) is 2.03. The predicted octanol–water partition coefficient (Wildman–Crippen LogP) is 1.76. The van der Waals surface area contributed by atoms with Crippen LogP contribution in [0.2, 0.25) is 0 Å². The Morgan fingerprint density at radius 1 is 1.26 bits per heavy atom. The zero-order valence-electron chi connectivity index (χ0n) is 12.6. The summed E-state index contributed by atoms with van der Waals surface area (Å²) in [7, 11) is -0.276. The van der Waals surface area contributed by atoms with Gasteiger partial charge >= 0.3 is 7.12 Å². The van der Waals surface area contributed by atoms with E-state index in [1.165, 1.54) is 12.1 Å². The monoisotopic (exact) mass is 262 g/mol. The first kappa shape index (κ1) is 13.2. The van der Waals surface area contributed by atoms with E-state index in [4.69, 9.17) is 9.31 Å². The standard InChI is InChI=1S/C14H23BN2O2/c1-10-6-7-12-11(8-16-17(12)9-10)15-18-13(2,3)14(4,5)19-15/h8,10H,6-7,9H2,1-5H3. The lowest BCUT2D eigenvalue weighted by Crippen LogP contribution is -2.41. The Labute approximate surface area is 115 Å². The third-order valence-corrected chi connectivity index (χ3v) is 4.85. The summed E-state index contributed by atoms with van der Waals surface area (Å²) in [4.78, 5) is 0. The fourth-order valence-electron chi connectivity index (χ4n) is 2.79. The molecule has 2 aliphatic rings. The van der Waals surface area contributed by atoms with Gasteiger partial charge < -0.3 is 9.31 Å². The van der Waals surface area contributed by atoms with Crippen molar-refractivity contribution in [2.75, 3.05) is 0 Å². The van der Waals surface area contributed by atoms with Crippen LogP contribution >= 0.6 is 0 Å². The maximum Gasteiger partial charge on any atom is 0.498 e. The number of nitrogens with zero attached hydrogens (tertiary/aromatic N) is 2. The second-order valence-corrected chi connectivity index (χ2v) is 6.96. The molecule has 1 unspecified atom stereocenters. The summed E-state index contributed by atoms with van der Waals surface area (Å²) in [6.07, 6.45) is 4.22. The van der Waals surface area contributed by atoms with Crippen LogP contribution < -0.4 is 5.46 Å². The molecule has 104 valence electrons. The van der Waals surface area contributed by atoms with E-state index < -0.39 is 0 Å². The molecule has 1 saturated heterocycles. The summed E-state index contributed by atoms with van der Waals surface area (Å²) in [6.45, 7) is 11.6. The normalized spacial score (nSPS) is 28.5. The van der Waals surface area contributed by atoms with Crippen LogP contribution in [0.25, 0.3) is 0 Å². The Morgan fingerprint density at radius 3 is 2.53 bits per heavy atom. The molecule has 0 aliphatic carbocycles. The zero-order valence-corrected chi connectivity index (χ0v) is 12.6. The lowest BCUT2D eigenvalue weighted by molar-refractivity contribution is 0.00578. The van der Waals surface area contributed by atoms with Crippen LogP contribution in [0, 0.1) is 5.92 Å². The smallest absolute Gasteiger partial charge is 0.399 e. The van der Waals surface area contributed by atoms with Crippen LogP contribution in [0.1, 0.15) is 46.7 Å². The molecule has 1 aromatic heterocycles. The van der Waals surface area contributed by atoms with Crippen molar-refractivity contribution in [1.82, 2.24) is 9.78 Å². The molecule has 1 atom stereocenters. The molecule has 0 radical (unpaired) electrons. The first-order valence-electron chi connectivity index (χ1n) is 7.20. The largest absolute Gasteiger partial charge is 0.498 e. The topological polar surface area (TPSA) is 36.3 Å². The first-order chi connectivity index (χ1) is 8.80. The average Bonchev–Trinajstić information content (AvgIpc) is 2.77. The summed E-state index contributed by atoms with van der Waals surface area (Å²) in [5.41, 5.74) is 1.84. The zero-order chi connectivity index (χ0) is 13.8. The molecule has 1 fully saturated rings. The molecule has 5 heteroatoms.